The van der Waals surface area contributed by atoms with Crippen LogP contribution in [0, 0.1) is 17.8 Å². The van der Waals surface area contributed by atoms with Crippen molar-refractivity contribution in [3.05, 3.63) is 54.1 Å². The highest BCUT2D eigenvalue weighted by molar-refractivity contribution is 5.47. The van der Waals surface area contributed by atoms with Gasteiger partial charge in [-0.25, -0.2) is 0 Å². The number of rotatable bonds is 5. The van der Waals surface area contributed by atoms with E-state index in [-0.39, 0.29) is 0 Å². The van der Waals surface area contributed by atoms with Crippen molar-refractivity contribution in [2.45, 2.75) is 19.4 Å². The SMILES string of the molecule is C=Cc1ccc(COCC2CC3C=CC2C3)cc1. The van der Waals surface area contributed by atoms with E-state index < -0.39 is 0 Å². The Balaban J connectivity index is 1.46. The molecule has 0 amide bonds. The van der Waals surface area contributed by atoms with E-state index in [1.807, 2.05) is 6.08 Å². The fraction of sp³-hybridized carbons (Fsp3) is 0.412. The number of ether oxygens (including phenoxy) is 1. The van der Waals surface area contributed by atoms with Crippen LogP contribution in [0.4, 0.5) is 0 Å². The van der Waals surface area contributed by atoms with Crippen molar-refractivity contribution >= 4 is 6.08 Å². The van der Waals surface area contributed by atoms with Gasteiger partial charge in [-0.3, -0.25) is 0 Å². The molecule has 18 heavy (non-hydrogen) atoms. The molecular weight excluding hydrogens is 220 g/mol. The minimum Gasteiger partial charge on any atom is -0.376 e. The van der Waals surface area contributed by atoms with Gasteiger partial charge in [-0.05, 0) is 41.7 Å². The molecule has 1 aromatic carbocycles. The minimum atomic E-state index is 0.731. The van der Waals surface area contributed by atoms with Gasteiger partial charge in [0.1, 0.15) is 0 Å². The third kappa shape index (κ3) is 2.41. The summed E-state index contributed by atoms with van der Waals surface area (Å²) in [6.07, 6.45) is 9.33. The van der Waals surface area contributed by atoms with Gasteiger partial charge in [-0.15, -0.1) is 0 Å². The van der Waals surface area contributed by atoms with Crippen LogP contribution >= 0.6 is 0 Å². The van der Waals surface area contributed by atoms with Crippen LogP contribution in [0.1, 0.15) is 24.0 Å². The summed E-state index contributed by atoms with van der Waals surface area (Å²) in [4.78, 5) is 0. The van der Waals surface area contributed by atoms with Crippen molar-refractivity contribution in [2.24, 2.45) is 17.8 Å². The van der Waals surface area contributed by atoms with Gasteiger partial charge >= 0.3 is 0 Å². The van der Waals surface area contributed by atoms with Crippen molar-refractivity contribution in [3.8, 4) is 0 Å². The van der Waals surface area contributed by atoms with Gasteiger partial charge in [0.2, 0.25) is 0 Å². The topological polar surface area (TPSA) is 9.23 Å². The van der Waals surface area contributed by atoms with Crippen LogP contribution in [-0.4, -0.2) is 6.61 Å². The predicted octanol–water partition coefficient (Wildman–Crippen LogP) is 4.06. The molecule has 0 aromatic heterocycles. The monoisotopic (exact) mass is 240 g/mol. The molecule has 3 atom stereocenters. The van der Waals surface area contributed by atoms with E-state index in [1.54, 1.807) is 0 Å². The predicted molar refractivity (Wildman–Crippen MR) is 75.0 cm³/mol. The fourth-order valence-corrected chi connectivity index (χ4v) is 3.16. The Hall–Kier alpha value is -1.34. The van der Waals surface area contributed by atoms with Crippen LogP contribution < -0.4 is 0 Å². The molecule has 2 bridgehead atoms. The van der Waals surface area contributed by atoms with Crippen LogP contribution in [0.3, 0.4) is 0 Å². The third-order valence-electron chi connectivity index (χ3n) is 4.23. The van der Waals surface area contributed by atoms with E-state index >= 15 is 0 Å². The second kappa shape index (κ2) is 5.11. The highest BCUT2D eigenvalue weighted by atomic mass is 16.5. The Bertz CT molecular complexity index is 443. The van der Waals surface area contributed by atoms with E-state index in [1.165, 1.54) is 18.4 Å². The molecule has 1 fully saturated rings. The standard InChI is InChI=1S/C17H20O/c1-2-13-3-5-14(6-4-13)11-18-12-17-10-15-7-8-16(17)9-15/h2-8,15-17H,1,9-12H2. The Labute approximate surface area is 109 Å². The number of hydrogen-bond acceptors (Lipinski definition) is 1. The lowest BCUT2D eigenvalue weighted by atomic mass is 9.95. The van der Waals surface area contributed by atoms with Gasteiger partial charge in [0, 0.05) is 0 Å². The van der Waals surface area contributed by atoms with E-state index in [9.17, 15) is 0 Å². The molecule has 1 nitrogen and oxygen atoms in total. The largest absolute Gasteiger partial charge is 0.376 e. The molecule has 3 unspecified atom stereocenters. The summed E-state index contributed by atoms with van der Waals surface area (Å²) in [6.45, 7) is 5.40. The normalized spacial score (nSPS) is 28.8. The van der Waals surface area contributed by atoms with Crippen molar-refractivity contribution in [3.63, 3.8) is 0 Å². The maximum Gasteiger partial charge on any atom is 0.0717 e. The van der Waals surface area contributed by atoms with Crippen LogP contribution in [-0.2, 0) is 11.3 Å². The average molecular weight is 240 g/mol. The zero-order chi connectivity index (χ0) is 12.4. The summed E-state index contributed by atoms with van der Waals surface area (Å²) in [5.74, 6) is 2.39. The molecular formula is C17H20O. The highest BCUT2D eigenvalue weighted by Gasteiger charge is 2.35. The van der Waals surface area contributed by atoms with E-state index in [0.29, 0.717) is 0 Å². The molecule has 0 spiro atoms. The zero-order valence-corrected chi connectivity index (χ0v) is 10.7. The number of fused-ring (bicyclic) bond motifs is 2. The van der Waals surface area contributed by atoms with Crippen LogP contribution in [0.25, 0.3) is 6.08 Å². The Morgan fingerprint density at radius 2 is 2.00 bits per heavy atom. The van der Waals surface area contributed by atoms with Gasteiger partial charge in [0.25, 0.3) is 0 Å². The fourth-order valence-electron chi connectivity index (χ4n) is 3.16. The first-order valence-electron chi connectivity index (χ1n) is 6.82. The molecule has 94 valence electrons. The summed E-state index contributed by atoms with van der Waals surface area (Å²) in [5, 5.41) is 0. The van der Waals surface area contributed by atoms with Gasteiger partial charge in [-0.1, -0.05) is 49.1 Å². The van der Waals surface area contributed by atoms with Gasteiger partial charge in [0.15, 0.2) is 0 Å². The first-order valence-corrected chi connectivity index (χ1v) is 6.82. The van der Waals surface area contributed by atoms with E-state index in [0.717, 1.165) is 36.5 Å². The summed E-state index contributed by atoms with van der Waals surface area (Å²) in [6, 6.07) is 8.42. The second-order valence-electron chi connectivity index (χ2n) is 5.50. The molecule has 2 aliphatic rings. The lowest BCUT2D eigenvalue weighted by Crippen LogP contribution is -2.14. The Morgan fingerprint density at radius 1 is 1.17 bits per heavy atom. The number of hydrogen-bond donors (Lipinski definition) is 0. The molecule has 0 aliphatic heterocycles. The van der Waals surface area contributed by atoms with Crippen molar-refractivity contribution in [1.82, 2.24) is 0 Å². The smallest absolute Gasteiger partial charge is 0.0717 e. The molecule has 1 aromatic rings. The molecule has 1 heteroatoms. The maximum absolute atomic E-state index is 5.87. The first kappa shape index (κ1) is 11.7. The van der Waals surface area contributed by atoms with Crippen LogP contribution in [0.15, 0.2) is 43.0 Å². The third-order valence-corrected chi connectivity index (χ3v) is 4.23. The molecule has 3 rings (SSSR count). The number of allylic oxidation sites excluding steroid dienone is 2. The van der Waals surface area contributed by atoms with Gasteiger partial charge in [0.05, 0.1) is 13.2 Å². The lowest BCUT2D eigenvalue weighted by Gasteiger charge is -2.17. The van der Waals surface area contributed by atoms with Crippen molar-refractivity contribution < 1.29 is 4.74 Å². The van der Waals surface area contributed by atoms with Crippen molar-refractivity contribution in [2.75, 3.05) is 6.61 Å². The maximum atomic E-state index is 5.87. The van der Waals surface area contributed by atoms with Crippen LogP contribution in [0.5, 0.6) is 0 Å². The highest BCUT2D eigenvalue weighted by Crippen LogP contribution is 2.43. The summed E-state index contributed by atoms with van der Waals surface area (Å²) >= 11 is 0. The number of benzene rings is 1. The second-order valence-corrected chi connectivity index (χ2v) is 5.50. The molecule has 0 radical (unpaired) electrons. The van der Waals surface area contributed by atoms with Crippen molar-refractivity contribution in [1.29, 1.82) is 0 Å². The zero-order valence-electron chi connectivity index (χ0n) is 10.7. The molecule has 0 heterocycles. The van der Waals surface area contributed by atoms with Gasteiger partial charge < -0.3 is 4.74 Å². The lowest BCUT2D eigenvalue weighted by molar-refractivity contribution is 0.0788. The molecule has 0 N–H and O–H groups in total. The minimum absolute atomic E-state index is 0.731. The van der Waals surface area contributed by atoms with E-state index in [4.69, 9.17) is 4.74 Å². The van der Waals surface area contributed by atoms with E-state index in [2.05, 4.69) is 43.0 Å². The quantitative estimate of drug-likeness (QED) is 0.705. The Kier molecular flexibility index (Phi) is 3.33. The summed E-state index contributed by atoms with van der Waals surface area (Å²) in [7, 11) is 0. The van der Waals surface area contributed by atoms with Gasteiger partial charge in [-0.2, -0.15) is 0 Å². The molecule has 2 aliphatic carbocycles. The molecule has 1 saturated carbocycles. The summed E-state index contributed by atoms with van der Waals surface area (Å²) in [5.41, 5.74) is 2.41. The summed E-state index contributed by atoms with van der Waals surface area (Å²) < 4.78 is 5.87. The molecule has 0 saturated heterocycles. The first-order chi connectivity index (χ1) is 8.85. The average Bonchev–Trinajstić information content (AvgIpc) is 3.02. The Morgan fingerprint density at radius 3 is 2.61 bits per heavy atom. The van der Waals surface area contributed by atoms with Crippen LogP contribution in [0.2, 0.25) is 0 Å².